The van der Waals surface area contributed by atoms with Crippen molar-refractivity contribution in [2.24, 2.45) is 0 Å². The second-order valence-electron chi connectivity index (χ2n) is 6.06. The highest BCUT2D eigenvalue weighted by Crippen LogP contribution is 2.35. The van der Waals surface area contributed by atoms with E-state index < -0.39 is 5.54 Å². The number of imidazole rings is 1. The van der Waals surface area contributed by atoms with E-state index in [-0.39, 0.29) is 11.9 Å². The van der Waals surface area contributed by atoms with E-state index >= 15 is 0 Å². The van der Waals surface area contributed by atoms with Gasteiger partial charge in [0.05, 0.1) is 11.7 Å². The van der Waals surface area contributed by atoms with E-state index in [0.717, 1.165) is 36.4 Å². The van der Waals surface area contributed by atoms with Gasteiger partial charge >= 0.3 is 6.03 Å². The lowest BCUT2D eigenvalue weighted by molar-refractivity contribution is -0.130. The largest absolute Gasteiger partial charge is 0.325 e. The lowest BCUT2D eigenvalue weighted by Gasteiger charge is -2.19. The van der Waals surface area contributed by atoms with Gasteiger partial charge in [0.2, 0.25) is 0 Å². The molecular formula is C16H18N4O2S. The monoisotopic (exact) mass is 330 g/mol. The topological polar surface area (TPSA) is 66.7 Å². The van der Waals surface area contributed by atoms with E-state index in [1.165, 1.54) is 4.90 Å². The predicted molar refractivity (Wildman–Crippen MR) is 87.4 cm³/mol. The fourth-order valence-electron chi connectivity index (χ4n) is 3.45. The van der Waals surface area contributed by atoms with E-state index in [2.05, 4.69) is 10.3 Å². The molecule has 0 aromatic carbocycles. The fraction of sp³-hybridized carbons (Fsp3) is 0.438. The third-order valence-corrected chi connectivity index (χ3v) is 5.60. The van der Waals surface area contributed by atoms with Crippen molar-refractivity contribution in [2.45, 2.75) is 36.4 Å². The van der Waals surface area contributed by atoms with Gasteiger partial charge in [-0.2, -0.15) is 0 Å². The molecule has 2 fully saturated rings. The highest BCUT2D eigenvalue weighted by molar-refractivity contribution is 7.99. The number of hydrogen-bond acceptors (Lipinski definition) is 4. The van der Waals surface area contributed by atoms with Crippen LogP contribution >= 0.6 is 11.8 Å². The molecule has 1 saturated carbocycles. The summed E-state index contributed by atoms with van der Waals surface area (Å²) in [5.74, 6) is 0.594. The molecule has 2 aromatic rings. The number of carbonyl (C=O) groups excluding carboxylic acids is 2. The van der Waals surface area contributed by atoms with E-state index in [4.69, 9.17) is 0 Å². The van der Waals surface area contributed by atoms with Crippen LogP contribution in [-0.4, -0.2) is 44.1 Å². The van der Waals surface area contributed by atoms with E-state index in [9.17, 15) is 9.59 Å². The van der Waals surface area contributed by atoms with Gasteiger partial charge in [-0.25, -0.2) is 9.78 Å². The summed E-state index contributed by atoms with van der Waals surface area (Å²) in [5, 5.41) is 3.79. The normalized spacial score (nSPS) is 19.9. The van der Waals surface area contributed by atoms with Crippen LogP contribution in [0.5, 0.6) is 0 Å². The first-order chi connectivity index (χ1) is 11.2. The Kier molecular flexibility index (Phi) is 3.52. The number of fused-ring (bicyclic) bond motifs is 1. The highest BCUT2D eigenvalue weighted by Gasteiger charge is 2.52. The highest BCUT2D eigenvalue weighted by atomic mass is 32.2. The van der Waals surface area contributed by atoms with Gasteiger partial charge in [-0.3, -0.25) is 14.1 Å². The Morgan fingerprint density at radius 2 is 2.09 bits per heavy atom. The average molecular weight is 330 g/mol. The molecule has 1 saturated heterocycles. The molecule has 3 amide bonds. The SMILES string of the molecule is O=C1NC2(CCCC2)C(=O)N1CCSc1ncc2ccccn12. The van der Waals surface area contributed by atoms with Gasteiger partial charge in [-0.1, -0.05) is 30.7 Å². The molecule has 1 aliphatic carbocycles. The lowest BCUT2D eigenvalue weighted by Crippen LogP contribution is -2.44. The third kappa shape index (κ3) is 2.39. The van der Waals surface area contributed by atoms with Crippen molar-refractivity contribution in [3.8, 4) is 0 Å². The first-order valence-electron chi connectivity index (χ1n) is 7.89. The number of nitrogens with zero attached hydrogens (tertiary/aromatic N) is 3. The van der Waals surface area contributed by atoms with Gasteiger partial charge in [0.1, 0.15) is 5.54 Å². The molecule has 0 bridgehead atoms. The summed E-state index contributed by atoms with van der Waals surface area (Å²) in [6, 6.07) is 5.68. The molecule has 23 heavy (non-hydrogen) atoms. The van der Waals surface area contributed by atoms with Gasteiger partial charge in [-0.15, -0.1) is 0 Å². The molecule has 0 unspecified atom stereocenters. The summed E-state index contributed by atoms with van der Waals surface area (Å²) in [4.78, 5) is 30.4. The molecule has 0 radical (unpaired) electrons. The van der Waals surface area contributed by atoms with Crippen LogP contribution in [0.25, 0.3) is 5.52 Å². The molecular weight excluding hydrogens is 312 g/mol. The second kappa shape index (κ2) is 5.56. The summed E-state index contributed by atoms with van der Waals surface area (Å²) in [7, 11) is 0. The van der Waals surface area contributed by atoms with E-state index in [1.807, 2.05) is 35.0 Å². The Bertz CT molecular complexity index is 766. The number of nitrogens with one attached hydrogen (secondary N) is 1. The van der Waals surface area contributed by atoms with Crippen molar-refractivity contribution < 1.29 is 9.59 Å². The van der Waals surface area contributed by atoms with E-state index in [1.54, 1.807) is 11.8 Å². The molecule has 6 nitrogen and oxygen atoms in total. The minimum Gasteiger partial charge on any atom is -0.323 e. The van der Waals surface area contributed by atoms with Gasteiger partial charge < -0.3 is 5.32 Å². The number of carbonyl (C=O) groups is 2. The van der Waals surface area contributed by atoms with Gasteiger partial charge in [-0.05, 0) is 25.0 Å². The maximum atomic E-state index is 12.6. The zero-order valence-electron chi connectivity index (χ0n) is 12.7. The number of pyridine rings is 1. The Morgan fingerprint density at radius 3 is 2.91 bits per heavy atom. The second-order valence-corrected chi connectivity index (χ2v) is 7.12. The molecule has 2 aromatic heterocycles. The Labute approximate surface area is 138 Å². The number of aromatic nitrogens is 2. The quantitative estimate of drug-likeness (QED) is 0.690. The van der Waals surface area contributed by atoms with Crippen molar-refractivity contribution in [3.63, 3.8) is 0 Å². The summed E-state index contributed by atoms with van der Waals surface area (Å²) in [5.41, 5.74) is 0.428. The van der Waals surface area contributed by atoms with Crippen LogP contribution in [0.2, 0.25) is 0 Å². The van der Waals surface area contributed by atoms with Crippen molar-refractivity contribution >= 4 is 29.2 Å². The first kappa shape index (κ1) is 14.6. The maximum absolute atomic E-state index is 12.6. The van der Waals surface area contributed by atoms with Gasteiger partial charge in [0, 0.05) is 18.5 Å². The van der Waals surface area contributed by atoms with Gasteiger partial charge in [0.15, 0.2) is 5.16 Å². The fourth-order valence-corrected chi connectivity index (χ4v) is 4.34. The predicted octanol–water partition coefficient (Wildman–Crippen LogP) is 2.29. The lowest BCUT2D eigenvalue weighted by atomic mass is 9.98. The molecule has 1 spiro atoms. The molecule has 4 rings (SSSR count). The summed E-state index contributed by atoms with van der Waals surface area (Å²) in [6.07, 6.45) is 7.34. The number of rotatable bonds is 4. The average Bonchev–Trinajstić information content (AvgIpc) is 3.23. The standard InChI is InChI=1S/C16H18N4O2S/c21-13-16(6-2-3-7-16)18-14(22)20(13)9-10-23-15-17-11-12-5-1-4-8-19(12)15/h1,4-5,8,11H,2-3,6-7,9-10H2,(H,18,22). The van der Waals surface area contributed by atoms with Crippen molar-refractivity contribution in [3.05, 3.63) is 30.6 Å². The van der Waals surface area contributed by atoms with Crippen LogP contribution < -0.4 is 5.32 Å². The molecule has 120 valence electrons. The summed E-state index contributed by atoms with van der Waals surface area (Å²) in [6.45, 7) is 0.416. The molecule has 0 atom stereocenters. The first-order valence-corrected chi connectivity index (χ1v) is 8.87. The van der Waals surface area contributed by atoms with Crippen LogP contribution in [0.3, 0.4) is 0 Å². The van der Waals surface area contributed by atoms with Crippen molar-refractivity contribution in [1.29, 1.82) is 0 Å². The van der Waals surface area contributed by atoms with Crippen molar-refractivity contribution in [2.75, 3.05) is 12.3 Å². The summed E-state index contributed by atoms with van der Waals surface area (Å²) < 4.78 is 2.01. The van der Waals surface area contributed by atoms with Crippen LogP contribution in [0, 0.1) is 0 Å². The third-order valence-electron chi connectivity index (χ3n) is 4.65. The molecule has 2 aliphatic rings. The Morgan fingerprint density at radius 1 is 1.26 bits per heavy atom. The Balaban J connectivity index is 1.41. The minimum absolute atomic E-state index is 0.0476. The maximum Gasteiger partial charge on any atom is 0.325 e. The summed E-state index contributed by atoms with van der Waals surface area (Å²) >= 11 is 1.56. The number of urea groups is 1. The van der Waals surface area contributed by atoms with Crippen LogP contribution in [0.15, 0.2) is 35.7 Å². The zero-order chi connectivity index (χ0) is 15.9. The minimum atomic E-state index is -0.609. The number of hydrogen-bond donors (Lipinski definition) is 1. The number of imide groups is 1. The van der Waals surface area contributed by atoms with Crippen LogP contribution in [0.1, 0.15) is 25.7 Å². The zero-order valence-corrected chi connectivity index (χ0v) is 13.5. The molecule has 1 aliphatic heterocycles. The van der Waals surface area contributed by atoms with Crippen molar-refractivity contribution in [1.82, 2.24) is 19.6 Å². The molecule has 3 heterocycles. The molecule has 7 heteroatoms. The van der Waals surface area contributed by atoms with E-state index in [0.29, 0.717) is 12.3 Å². The molecule has 1 N–H and O–H groups in total. The van der Waals surface area contributed by atoms with Gasteiger partial charge in [0.25, 0.3) is 5.91 Å². The Hall–Kier alpha value is -2.02. The number of thioether (sulfide) groups is 1. The number of amides is 3. The van der Waals surface area contributed by atoms with Crippen LogP contribution in [-0.2, 0) is 4.79 Å². The smallest absolute Gasteiger partial charge is 0.323 e. The van der Waals surface area contributed by atoms with Crippen LogP contribution in [0.4, 0.5) is 4.79 Å².